The van der Waals surface area contributed by atoms with Gasteiger partial charge >= 0.3 is 0 Å². The van der Waals surface area contributed by atoms with E-state index < -0.39 is 0 Å². The summed E-state index contributed by atoms with van der Waals surface area (Å²) >= 11 is 0. The second-order valence-corrected chi connectivity index (χ2v) is 14.8. The zero-order valence-corrected chi connectivity index (χ0v) is 29.9. The Labute approximate surface area is 275 Å². The lowest BCUT2D eigenvalue weighted by Gasteiger charge is -2.44. The highest BCUT2D eigenvalue weighted by atomic mass is 16.2. The number of unbranched alkanes of at least 4 members (excludes halogenated alkanes) is 19. The van der Waals surface area contributed by atoms with Gasteiger partial charge in [0.05, 0.1) is 0 Å². The third-order valence-corrected chi connectivity index (χ3v) is 11.2. The van der Waals surface area contributed by atoms with E-state index >= 15 is 0 Å². The summed E-state index contributed by atoms with van der Waals surface area (Å²) in [4.78, 5) is 24.9. The minimum atomic E-state index is -0.133. The number of carbonyl (C=O) groups is 2. The Hall–Kier alpha value is -1.12. The molecule has 0 aromatic rings. The van der Waals surface area contributed by atoms with Gasteiger partial charge < -0.3 is 0 Å². The molecule has 1 aliphatic carbocycles. The van der Waals surface area contributed by atoms with Crippen LogP contribution in [-0.2, 0) is 9.59 Å². The lowest BCUT2D eigenvalue weighted by molar-refractivity contribution is -0.136. The Balaban J connectivity index is 1.85. The smallest absolute Gasteiger partial charge is 0.253 e. The van der Waals surface area contributed by atoms with Crippen LogP contribution in [0.5, 0.6) is 0 Å². The number of hydrogen-bond acceptors (Lipinski definition) is 2. The molecule has 4 atom stereocenters. The first-order valence-corrected chi connectivity index (χ1v) is 20.2. The van der Waals surface area contributed by atoms with E-state index in [0.29, 0.717) is 6.54 Å². The molecule has 3 heteroatoms. The van der Waals surface area contributed by atoms with E-state index in [2.05, 4.69) is 20.8 Å². The van der Waals surface area contributed by atoms with E-state index in [-0.39, 0.29) is 11.8 Å². The number of nitrogens with zero attached hydrogens (tertiary/aromatic N) is 1. The highest BCUT2D eigenvalue weighted by molar-refractivity contribution is 6.12. The molecular formula is C41H75NO2. The molecule has 2 aliphatic rings. The Morgan fingerprint density at radius 3 is 1.18 bits per heavy atom. The van der Waals surface area contributed by atoms with Crippen LogP contribution in [0.1, 0.15) is 207 Å². The van der Waals surface area contributed by atoms with Gasteiger partial charge in [-0.2, -0.15) is 0 Å². The van der Waals surface area contributed by atoms with Gasteiger partial charge in [0.2, 0.25) is 0 Å². The molecule has 2 amide bonds. The van der Waals surface area contributed by atoms with Gasteiger partial charge in [-0.15, -0.1) is 0 Å². The molecule has 4 unspecified atom stereocenters. The van der Waals surface area contributed by atoms with Crippen LogP contribution in [0.4, 0.5) is 0 Å². The second kappa shape index (κ2) is 26.0. The Kier molecular flexibility index (Phi) is 23.1. The van der Waals surface area contributed by atoms with E-state index in [1.54, 1.807) is 0 Å². The van der Waals surface area contributed by atoms with Crippen molar-refractivity contribution in [1.29, 1.82) is 0 Å². The number of carbonyl (C=O) groups excluding carboxylic acids is 2. The van der Waals surface area contributed by atoms with Crippen LogP contribution >= 0.6 is 0 Å². The molecule has 0 N–H and O–H groups in total. The summed E-state index contributed by atoms with van der Waals surface area (Å²) in [6, 6.07) is 0. The molecule has 0 aromatic carbocycles. The third-order valence-electron chi connectivity index (χ3n) is 11.2. The van der Waals surface area contributed by atoms with Crippen molar-refractivity contribution >= 4 is 11.8 Å². The van der Waals surface area contributed by atoms with Crippen LogP contribution in [0.25, 0.3) is 0 Å². The fraction of sp³-hybridized carbons (Fsp3) is 0.902. The normalized spacial score (nSPS) is 22.0. The summed E-state index contributed by atoms with van der Waals surface area (Å²) in [6.07, 6.45) is 43.5. The van der Waals surface area contributed by atoms with Crippen molar-refractivity contribution < 1.29 is 9.59 Å². The van der Waals surface area contributed by atoms with E-state index in [9.17, 15) is 9.59 Å². The summed E-state index contributed by atoms with van der Waals surface area (Å²) in [5.41, 5.74) is 0. The first kappa shape index (κ1) is 39.1. The average Bonchev–Trinajstić information content (AvgIpc) is 3.35. The zero-order chi connectivity index (χ0) is 31.7. The van der Waals surface area contributed by atoms with E-state index in [1.807, 2.05) is 0 Å². The maximum absolute atomic E-state index is 11.8. The van der Waals surface area contributed by atoms with Gasteiger partial charge in [0.25, 0.3) is 11.8 Å². The van der Waals surface area contributed by atoms with Gasteiger partial charge in [0.1, 0.15) is 0 Å². The van der Waals surface area contributed by atoms with Crippen molar-refractivity contribution in [3.63, 3.8) is 0 Å². The molecule has 44 heavy (non-hydrogen) atoms. The fourth-order valence-corrected chi connectivity index (χ4v) is 8.54. The zero-order valence-electron chi connectivity index (χ0n) is 29.9. The van der Waals surface area contributed by atoms with Gasteiger partial charge in [-0.3, -0.25) is 14.5 Å². The van der Waals surface area contributed by atoms with Crippen molar-refractivity contribution in [3.8, 4) is 0 Å². The van der Waals surface area contributed by atoms with Crippen LogP contribution < -0.4 is 0 Å². The number of imide groups is 1. The summed E-state index contributed by atoms with van der Waals surface area (Å²) in [6.45, 7) is 7.60. The SMILES string of the molecule is CCCCCCCCCC1C(CCCCCCCCN2C(=O)C=CC2=O)CCC(CCCCCC)C1CCCCCCCC. The molecule has 1 heterocycles. The summed E-state index contributed by atoms with van der Waals surface area (Å²) in [7, 11) is 0. The van der Waals surface area contributed by atoms with Crippen LogP contribution in [0.2, 0.25) is 0 Å². The van der Waals surface area contributed by atoms with Gasteiger partial charge in [0.15, 0.2) is 0 Å². The molecule has 256 valence electrons. The quantitative estimate of drug-likeness (QED) is 0.0621. The number of rotatable bonds is 29. The fourth-order valence-electron chi connectivity index (χ4n) is 8.54. The lowest BCUT2D eigenvalue weighted by Crippen LogP contribution is -2.35. The molecule has 1 fully saturated rings. The van der Waals surface area contributed by atoms with E-state index in [0.717, 1.165) is 36.5 Å². The highest BCUT2D eigenvalue weighted by Gasteiger charge is 2.37. The monoisotopic (exact) mass is 614 g/mol. The molecule has 1 aliphatic heterocycles. The third kappa shape index (κ3) is 16.4. The average molecular weight is 614 g/mol. The van der Waals surface area contributed by atoms with Crippen LogP contribution in [-0.4, -0.2) is 23.3 Å². The summed E-state index contributed by atoms with van der Waals surface area (Å²) < 4.78 is 0. The van der Waals surface area contributed by atoms with Crippen molar-refractivity contribution in [1.82, 2.24) is 4.90 Å². The number of hydrogen-bond donors (Lipinski definition) is 0. The Bertz CT molecular complexity index is 727. The largest absolute Gasteiger partial charge is 0.275 e. The van der Waals surface area contributed by atoms with Crippen molar-refractivity contribution in [2.24, 2.45) is 23.7 Å². The molecule has 0 bridgehead atoms. The first-order valence-electron chi connectivity index (χ1n) is 20.2. The van der Waals surface area contributed by atoms with Crippen molar-refractivity contribution in [2.45, 2.75) is 207 Å². The molecule has 0 radical (unpaired) electrons. The Morgan fingerprint density at radius 1 is 0.455 bits per heavy atom. The van der Waals surface area contributed by atoms with Crippen molar-refractivity contribution in [2.75, 3.05) is 6.54 Å². The van der Waals surface area contributed by atoms with E-state index in [1.165, 1.54) is 190 Å². The van der Waals surface area contributed by atoms with Gasteiger partial charge in [0, 0.05) is 18.7 Å². The summed E-state index contributed by atoms with van der Waals surface area (Å²) in [5, 5.41) is 0. The standard InChI is InChI=1S/C41H75NO2/c1-4-7-10-13-15-20-25-30-39-37(28-23-18-16-17-21-26-35-42-40(43)33-34-41(42)44)32-31-36(27-22-12-9-6-3)38(39)29-24-19-14-11-8-5-2/h33-34,36-39H,4-32,35H2,1-3H3. The highest BCUT2D eigenvalue weighted by Crippen LogP contribution is 2.47. The molecule has 3 nitrogen and oxygen atoms in total. The van der Waals surface area contributed by atoms with Crippen molar-refractivity contribution in [3.05, 3.63) is 12.2 Å². The maximum Gasteiger partial charge on any atom is 0.253 e. The van der Waals surface area contributed by atoms with Crippen LogP contribution in [0.15, 0.2) is 12.2 Å². The summed E-state index contributed by atoms with van der Waals surface area (Å²) in [5.74, 6) is 3.67. The van der Waals surface area contributed by atoms with Crippen LogP contribution in [0.3, 0.4) is 0 Å². The number of amides is 2. The molecule has 0 saturated heterocycles. The minimum absolute atomic E-state index is 0.133. The predicted molar refractivity (Wildman–Crippen MR) is 191 cm³/mol. The lowest BCUT2D eigenvalue weighted by atomic mass is 9.61. The van der Waals surface area contributed by atoms with Crippen LogP contribution in [0, 0.1) is 23.7 Å². The topological polar surface area (TPSA) is 37.4 Å². The van der Waals surface area contributed by atoms with Gasteiger partial charge in [-0.1, -0.05) is 175 Å². The molecule has 2 rings (SSSR count). The molecule has 0 spiro atoms. The predicted octanol–water partition coefficient (Wildman–Crippen LogP) is 12.8. The second-order valence-electron chi connectivity index (χ2n) is 14.8. The van der Waals surface area contributed by atoms with Gasteiger partial charge in [-0.25, -0.2) is 0 Å². The van der Waals surface area contributed by atoms with Gasteiger partial charge in [-0.05, 0) is 55.8 Å². The first-order chi connectivity index (χ1) is 21.6. The molecule has 0 aromatic heterocycles. The molecule has 1 saturated carbocycles. The Morgan fingerprint density at radius 2 is 0.773 bits per heavy atom. The van der Waals surface area contributed by atoms with E-state index in [4.69, 9.17) is 0 Å². The minimum Gasteiger partial charge on any atom is -0.275 e. The maximum atomic E-state index is 11.8. The molecular weight excluding hydrogens is 538 g/mol.